The lowest BCUT2D eigenvalue weighted by molar-refractivity contribution is -0.119. The predicted octanol–water partition coefficient (Wildman–Crippen LogP) is 1.47. The van der Waals surface area contributed by atoms with Crippen LogP contribution in [0.25, 0.3) is 0 Å². The summed E-state index contributed by atoms with van der Waals surface area (Å²) in [5, 5.41) is 2.71. The largest absolute Gasteiger partial charge is 0.350 e. The second-order valence-electron chi connectivity index (χ2n) is 6.28. The molecule has 0 saturated heterocycles. The Morgan fingerprint density at radius 2 is 1.56 bits per heavy atom. The lowest BCUT2D eigenvalue weighted by Crippen LogP contribution is -2.40. The van der Waals surface area contributed by atoms with Gasteiger partial charge in [-0.25, -0.2) is 8.42 Å². The van der Waals surface area contributed by atoms with Gasteiger partial charge in [0.05, 0.1) is 11.9 Å². The van der Waals surface area contributed by atoms with Crippen molar-refractivity contribution in [2.24, 2.45) is 0 Å². The van der Waals surface area contributed by atoms with Gasteiger partial charge in [0, 0.05) is 26.2 Å². The van der Waals surface area contributed by atoms with Crippen LogP contribution in [-0.2, 0) is 21.4 Å². The van der Waals surface area contributed by atoms with Gasteiger partial charge in [0.2, 0.25) is 15.9 Å². The van der Waals surface area contributed by atoms with Crippen LogP contribution in [0.3, 0.4) is 0 Å². The number of nitrogens with zero attached hydrogens (tertiary/aromatic N) is 2. The number of carbonyl (C=O) groups excluding carboxylic acids is 2. The van der Waals surface area contributed by atoms with Crippen molar-refractivity contribution in [3.8, 4) is 0 Å². The highest BCUT2D eigenvalue weighted by Crippen LogP contribution is 2.18. The molecule has 0 aliphatic heterocycles. The summed E-state index contributed by atoms with van der Waals surface area (Å²) < 4.78 is 25.3. The number of hydrogen-bond donors (Lipinski definition) is 1. The van der Waals surface area contributed by atoms with Crippen LogP contribution >= 0.6 is 0 Å². The molecule has 0 spiro atoms. The molecule has 7 nitrogen and oxygen atoms in total. The number of benzene rings is 2. The molecule has 0 atom stereocenters. The molecule has 2 amide bonds. The Morgan fingerprint density at radius 1 is 0.963 bits per heavy atom. The fraction of sp³-hybridized carbons (Fsp3) is 0.263. The Kier molecular flexibility index (Phi) is 6.57. The lowest BCUT2D eigenvalue weighted by atomic mass is 10.2. The van der Waals surface area contributed by atoms with Crippen LogP contribution < -0.4 is 9.62 Å². The van der Waals surface area contributed by atoms with Crippen LogP contribution in [0, 0.1) is 0 Å². The van der Waals surface area contributed by atoms with Crippen molar-refractivity contribution in [2.75, 3.05) is 31.2 Å². The van der Waals surface area contributed by atoms with Gasteiger partial charge < -0.3 is 10.2 Å². The Hall–Kier alpha value is -2.87. The smallest absolute Gasteiger partial charge is 0.253 e. The van der Waals surface area contributed by atoms with E-state index in [0.717, 1.165) is 16.1 Å². The van der Waals surface area contributed by atoms with E-state index in [-0.39, 0.29) is 12.5 Å². The first-order valence-corrected chi connectivity index (χ1v) is 10.1. The Morgan fingerprint density at radius 3 is 2.07 bits per heavy atom. The highest BCUT2D eigenvalue weighted by Gasteiger charge is 2.21. The molecule has 8 heteroatoms. The first-order valence-electron chi connectivity index (χ1n) is 8.28. The second kappa shape index (κ2) is 8.68. The zero-order chi connectivity index (χ0) is 20.0. The van der Waals surface area contributed by atoms with Gasteiger partial charge in [-0.3, -0.25) is 13.9 Å². The van der Waals surface area contributed by atoms with Crippen LogP contribution in [-0.4, -0.2) is 52.0 Å². The van der Waals surface area contributed by atoms with Crippen LogP contribution in [0.2, 0.25) is 0 Å². The first kappa shape index (κ1) is 20.4. The minimum Gasteiger partial charge on any atom is -0.350 e. The maximum absolute atomic E-state index is 12.2. The van der Waals surface area contributed by atoms with Gasteiger partial charge in [-0.1, -0.05) is 30.3 Å². The molecule has 0 aliphatic rings. The maximum Gasteiger partial charge on any atom is 0.253 e. The fourth-order valence-corrected chi connectivity index (χ4v) is 3.27. The van der Waals surface area contributed by atoms with Crippen LogP contribution in [0.5, 0.6) is 0 Å². The molecule has 0 saturated carbocycles. The molecule has 2 rings (SSSR count). The number of sulfonamides is 1. The minimum atomic E-state index is -3.67. The summed E-state index contributed by atoms with van der Waals surface area (Å²) in [6.45, 7) is -0.0276. The zero-order valence-electron chi connectivity index (χ0n) is 15.5. The van der Waals surface area contributed by atoms with Gasteiger partial charge in [-0.15, -0.1) is 0 Å². The molecule has 2 aromatic rings. The van der Waals surface area contributed by atoms with E-state index >= 15 is 0 Å². The highest BCUT2D eigenvalue weighted by molar-refractivity contribution is 7.92. The maximum atomic E-state index is 12.2. The molecular weight excluding hydrogens is 366 g/mol. The van der Waals surface area contributed by atoms with Gasteiger partial charge in [0.1, 0.15) is 6.54 Å². The van der Waals surface area contributed by atoms with E-state index in [0.29, 0.717) is 17.8 Å². The average Bonchev–Trinajstić information content (AvgIpc) is 2.64. The van der Waals surface area contributed by atoms with E-state index in [4.69, 9.17) is 0 Å². The van der Waals surface area contributed by atoms with Crippen molar-refractivity contribution >= 4 is 27.5 Å². The summed E-state index contributed by atoms with van der Waals surface area (Å²) in [4.78, 5) is 25.6. The van der Waals surface area contributed by atoms with Crippen LogP contribution in [0.1, 0.15) is 15.9 Å². The molecule has 0 unspecified atom stereocenters. The van der Waals surface area contributed by atoms with Gasteiger partial charge in [-0.2, -0.15) is 0 Å². The Balaban J connectivity index is 2.11. The molecular formula is C19H23N3O4S. The van der Waals surface area contributed by atoms with Crippen molar-refractivity contribution in [2.45, 2.75) is 6.54 Å². The van der Waals surface area contributed by atoms with Gasteiger partial charge >= 0.3 is 0 Å². The van der Waals surface area contributed by atoms with E-state index < -0.39 is 15.9 Å². The third kappa shape index (κ3) is 5.82. The molecule has 0 radical (unpaired) electrons. The predicted molar refractivity (Wildman–Crippen MR) is 105 cm³/mol. The van der Waals surface area contributed by atoms with E-state index in [1.807, 2.05) is 30.3 Å². The first-order chi connectivity index (χ1) is 12.7. The van der Waals surface area contributed by atoms with Crippen molar-refractivity contribution in [1.29, 1.82) is 0 Å². The monoisotopic (exact) mass is 389 g/mol. The second-order valence-corrected chi connectivity index (χ2v) is 8.19. The normalized spacial score (nSPS) is 10.9. The quantitative estimate of drug-likeness (QED) is 0.777. The Bertz CT molecular complexity index is 894. The molecule has 0 aliphatic carbocycles. The third-order valence-corrected chi connectivity index (χ3v) is 4.97. The van der Waals surface area contributed by atoms with Crippen molar-refractivity contribution < 1.29 is 18.0 Å². The summed E-state index contributed by atoms with van der Waals surface area (Å²) in [5.41, 5.74) is 1.68. The lowest BCUT2D eigenvalue weighted by Gasteiger charge is -2.22. The third-order valence-electron chi connectivity index (χ3n) is 3.83. The Labute approximate surface area is 159 Å². The van der Waals surface area contributed by atoms with Gasteiger partial charge in [-0.05, 0) is 29.8 Å². The van der Waals surface area contributed by atoms with E-state index in [2.05, 4.69) is 5.32 Å². The van der Waals surface area contributed by atoms with Crippen LogP contribution in [0.4, 0.5) is 5.69 Å². The summed E-state index contributed by atoms with van der Waals surface area (Å²) in [5.74, 6) is -0.606. The molecule has 0 heterocycles. The van der Waals surface area contributed by atoms with Crippen molar-refractivity contribution in [1.82, 2.24) is 10.2 Å². The van der Waals surface area contributed by atoms with Crippen LogP contribution in [0.15, 0.2) is 54.6 Å². The van der Waals surface area contributed by atoms with Gasteiger partial charge in [0.25, 0.3) is 5.91 Å². The van der Waals surface area contributed by atoms with E-state index in [9.17, 15) is 18.0 Å². The standard InChI is InChI=1S/C19H23N3O4S/c1-21(2)19(24)16-9-11-17(12-10-16)22(27(3,25)26)14-18(23)20-13-15-7-5-4-6-8-15/h4-12H,13-14H2,1-3H3,(H,20,23). The fourth-order valence-electron chi connectivity index (χ4n) is 2.41. The number of anilines is 1. The topological polar surface area (TPSA) is 86.8 Å². The average molecular weight is 389 g/mol. The summed E-state index contributed by atoms with van der Waals surface area (Å²) >= 11 is 0. The zero-order valence-corrected chi connectivity index (χ0v) is 16.4. The molecule has 1 N–H and O–H groups in total. The van der Waals surface area contributed by atoms with E-state index in [1.165, 1.54) is 29.2 Å². The summed E-state index contributed by atoms with van der Waals surface area (Å²) in [6.07, 6.45) is 1.04. The molecule has 27 heavy (non-hydrogen) atoms. The van der Waals surface area contributed by atoms with Gasteiger partial charge in [0.15, 0.2) is 0 Å². The number of amides is 2. The van der Waals surface area contributed by atoms with Crippen molar-refractivity contribution in [3.63, 3.8) is 0 Å². The molecule has 144 valence electrons. The number of hydrogen-bond acceptors (Lipinski definition) is 4. The SMILES string of the molecule is CN(C)C(=O)c1ccc(N(CC(=O)NCc2ccccc2)S(C)(=O)=O)cc1. The molecule has 0 aromatic heterocycles. The molecule has 0 bridgehead atoms. The number of carbonyl (C=O) groups is 2. The molecule has 0 fully saturated rings. The van der Waals surface area contributed by atoms with Crippen molar-refractivity contribution in [3.05, 3.63) is 65.7 Å². The summed E-state index contributed by atoms with van der Waals surface area (Å²) in [6, 6.07) is 15.5. The molecule has 2 aromatic carbocycles. The number of nitrogens with one attached hydrogen (secondary N) is 1. The minimum absolute atomic E-state index is 0.187. The highest BCUT2D eigenvalue weighted by atomic mass is 32.2. The summed E-state index contributed by atoms with van der Waals surface area (Å²) in [7, 11) is -0.398. The van der Waals surface area contributed by atoms with E-state index in [1.54, 1.807) is 14.1 Å². The number of rotatable bonds is 7.